The second kappa shape index (κ2) is 8.53. The second-order valence-corrected chi connectivity index (χ2v) is 9.06. The molecule has 2 unspecified atom stereocenters. The van der Waals surface area contributed by atoms with Gasteiger partial charge in [0.05, 0.1) is 12.8 Å². The standard InChI is InChI=1S/C16H16BrN5O4S2/c17-8-3-9(5-18-4-8)28-16-14(25)12(13(24)11(7-23)26-16)22-6-10(20-21-22)15-19-1-2-27-15/h1-6,11-14,16,23-25H,7H2/t11?,12-,13-,14?,16+/m0/s1. The summed E-state index contributed by atoms with van der Waals surface area (Å²) in [6.45, 7) is -0.397. The maximum atomic E-state index is 10.9. The molecule has 1 saturated heterocycles. The topological polar surface area (TPSA) is 126 Å². The lowest BCUT2D eigenvalue weighted by Gasteiger charge is -2.41. The number of aromatic nitrogens is 5. The highest BCUT2D eigenvalue weighted by Gasteiger charge is 2.46. The largest absolute Gasteiger partial charge is 0.394 e. The van der Waals surface area contributed by atoms with Crippen molar-refractivity contribution in [2.45, 2.75) is 34.7 Å². The molecule has 0 radical (unpaired) electrons. The number of aliphatic hydroxyl groups is 3. The summed E-state index contributed by atoms with van der Waals surface area (Å²) in [7, 11) is 0. The van der Waals surface area contributed by atoms with Crippen molar-refractivity contribution in [3.63, 3.8) is 0 Å². The third kappa shape index (κ3) is 3.99. The highest BCUT2D eigenvalue weighted by Crippen LogP contribution is 2.38. The van der Waals surface area contributed by atoms with Crippen molar-refractivity contribution in [1.82, 2.24) is 25.0 Å². The van der Waals surface area contributed by atoms with Crippen molar-refractivity contribution in [3.05, 3.63) is 40.7 Å². The molecule has 3 N–H and O–H groups in total. The third-order valence-corrected chi connectivity index (χ3v) is 6.59. The van der Waals surface area contributed by atoms with Crippen molar-refractivity contribution in [2.75, 3.05) is 6.61 Å². The van der Waals surface area contributed by atoms with Gasteiger partial charge >= 0.3 is 0 Å². The number of ether oxygens (including phenoxy) is 1. The molecule has 3 aromatic rings. The summed E-state index contributed by atoms with van der Waals surface area (Å²) in [5.74, 6) is 0. The number of nitrogens with zero attached hydrogens (tertiary/aromatic N) is 5. The van der Waals surface area contributed by atoms with Gasteiger partial charge in [-0.05, 0) is 22.0 Å². The number of thiazole rings is 1. The lowest BCUT2D eigenvalue weighted by atomic mass is 9.97. The van der Waals surface area contributed by atoms with E-state index >= 15 is 0 Å². The number of pyridine rings is 1. The number of hydrogen-bond donors (Lipinski definition) is 3. The summed E-state index contributed by atoms with van der Waals surface area (Å²) in [5, 5.41) is 41.9. The first-order chi connectivity index (χ1) is 13.6. The number of aliphatic hydroxyl groups excluding tert-OH is 3. The van der Waals surface area contributed by atoms with Gasteiger partial charge < -0.3 is 20.1 Å². The first kappa shape index (κ1) is 19.9. The van der Waals surface area contributed by atoms with Gasteiger partial charge in [-0.2, -0.15) is 0 Å². The van der Waals surface area contributed by atoms with Gasteiger partial charge in [0, 0.05) is 33.3 Å². The molecule has 28 heavy (non-hydrogen) atoms. The van der Waals surface area contributed by atoms with Gasteiger partial charge in [0.25, 0.3) is 0 Å². The SMILES string of the molecule is OCC1O[C@H](Sc2cncc(Br)c2)C(O)[C@@H](n2cc(-c3nccs3)nn2)[C@H]1O. The Bertz CT molecular complexity index is 927. The predicted octanol–water partition coefficient (Wildman–Crippen LogP) is 1.33. The summed E-state index contributed by atoms with van der Waals surface area (Å²) in [6.07, 6.45) is 3.45. The Morgan fingerprint density at radius 3 is 2.86 bits per heavy atom. The molecule has 1 fully saturated rings. The second-order valence-electron chi connectivity index (χ2n) is 6.08. The van der Waals surface area contributed by atoms with Crippen LogP contribution < -0.4 is 0 Å². The summed E-state index contributed by atoms with van der Waals surface area (Å²) < 4.78 is 7.93. The molecule has 1 aliphatic heterocycles. The minimum absolute atomic E-state index is 0.397. The van der Waals surface area contributed by atoms with E-state index in [1.165, 1.54) is 27.8 Å². The van der Waals surface area contributed by atoms with Crippen LogP contribution in [0.5, 0.6) is 0 Å². The van der Waals surface area contributed by atoms with Crippen molar-refractivity contribution in [2.24, 2.45) is 0 Å². The van der Waals surface area contributed by atoms with E-state index < -0.39 is 36.4 Å². The molecule has 5 atom stereocenters. The predicted molar refractivity (Wildman–Crippen MR) is 106 cm³/mol. The molecule has 0 aliphatic carbocycles. The van der Waals surface area contributed by atoms with E-state index in [-0.39, 0.29) is 0 Å². The van der Waals surface area contributed by atoms with Crippen molar-refractivity contribution < 1.29 is 20.1 Å². The first-order valence-corrected chi connectivity index (χ1v) is 10.8. The Labute approximate surface area is 176 Å². The van der Waals surface area contributed by atoms with Crippen molar-refractivity contribution in [1.29, 1.82) is 0 Å². The highest BCUT2D eigenvalue weighted by molar-refractivity contribution is 9.10. The average molecular weight is 486 g/mol. The van der Waals surface area contributed by atoms with E-state index in [1.807, 2.05) is 11.4 Å². The lowest BCUT2D eigenvalue weighted by Crippen LogP contribution is -2.55. The zero-order chi connectivity index (χ0) is 19.7. The average Bonchev–Trinajstić information content (AvgIpc) is 3.36. The molecule has 4 rings (SSSR count). The molecule has 0 bridgehead atoms. The molecule has 1 aliphatic rings. The first-order valence-electron chi connectivity index (χ1n) is 8.28. The zero-order valence-electron chi connectivity index (χ0n) is 14.2. The van der Waals surface area contributed by atoms with Crippen LogP contribution in [0.4, 0.5) is 0 Å². The number of rotatable bonds is 5. The van der Waals surface area contributed by atoms with E-state index in [2.05, 4.69) is 36.2 Å². The maximum absolute atomic E-state index is 10.9. The van der Waals surface area contributed by atoms with E-state index in [0.717, 1.165) is 9.37 Å². The molecule has 0 spiro atoms. The quantitative estimate of drug-likeness (QED) is 0.490. The van der Waals surface area contributed by atoms with Crippen LogP contribution >= 0.6 is 39.0 Å². The molecule has 4 heterocycles. The molecule has 148 valence electrons. The molecule has 0 amide bonds. The molecular weight excluding hydrogens is 470 g/mol. The minimum atomic E-state index is -1.16. The van der Waals surface area contributed by atoms with Gasteiger partial charge in [0.1, 0.15) is 40.5 Å². The molecule has 12 heteroatoms. The van der Waals surface area contributed by atoms with E-state index in [0.29, 0.717) is 10.7 Å². The van der Waals surface area contributed by atoms with Crippen LogP contribution in [-0.4, -0.2) is 70.6 Å². The fourth-order valence-corrected chi connectivity index (χ4v) is 5.13. The van der Waals surface area contributed by atoms with Crippen LogP contribution in [0, 0.1) is 0 Å². The summed E-state index contributed by atoms with van der Waals surface area (Å²) in [4.78, 5) is 9.06. The molecule has 0 aromatic carbocycles. The molecule has 0 saturated carbocycles. The number of thioether (sulfide) groups is 1. The number of halogens is 1. The Morgan fingerprint density at radius 2 is 2.14 bits per heavy atom. The number of hydrogen-bond acceptors (Lipinski definition) is 10. The summed E-state index contributed by atoms with van der Waals surface area (Å²) in [5.41, 5.74) is -0.198. The van der Waals surface area contributed by atoms with Gasteiger partial charge in [0.15, 0.2) is 0 Å². The minimum Gasteiger partial charge on any atom is -0.394 e. The molecule has 9 nitrogen and oxygen atoms in total. The van der Waals surface area contributed by atoms with Crippen LogP contribution in [0.25, 0.3) is 10.7 Å². The highest BCUT2D eigenvalue weighted by atomic mass is 79.9. The zero-order valence-corrected chi connectivity index (χ0v) is 17.5. The van der Waals surface area contributed by atoms with Gasteiger partial charge in [-0.15, -0.1) is 16.4 Å². The monoisotopic (exact) mass is 485 g/mol. The fraction of sp³-hybridized carbons (Fsp3) is 0.375. The molecule has 3 aromatic heterocycles. The normalized spacial score (nSPS) is 27.8. The Balaban J connectivity index is 1.61. The maximum Gasteiger partial charge on any atom is 0.145 e. The Hall–Kier alpha value is -1.41. The van der Waals surface area contributed by atoms with Crippen molar-refractivity contribution in [3.8, 4) is 10.7 Å². The van der Waals surface area contributed by atoms with Crippen LogP contribution in [0.3, 0.4) is 0 Å². The van der Waals surface area contributed by atoms with Crippen LogP contribution in [0.1, 0.15) is 6.04 Å². The summed E-state index contributed by atoms with van der Waals surface area (Å²) in [6, 6.07) is 1.00. The third-order valence-electron chi connectivity index (χ3n) is 4.25. The van der Waals surface area contributed by atoms with Gasteiger partial charge in [-0.1, -0.05) is 17.0 Å². The van der Waals surface area contributed by atoms with Crippen molar-refractivity contribution >= 4 is 39.0 Å². The van der Waals surface area contributed by atoms with Gasteiger partial charge in [-0.3, -0.25) is 4.98 Å². The smallest absolute Gasteiger partial charge is 0.145 e. The van der Waals surface area contributed by atoms with E-state index in [9.17, 15) is 15.3 Å². The summed E-state index contributed by atoms with van der Waals surface area (Å²) >= 11 is 6.03. The van der Waals surface area contributed by atoms with E-state index in [4.69, 9.17) is 4.74 Å². The van der Waals surface area contributed by atoms with Crippen LogP contribution in [0.15, 0.2) is 45.6 Å². The van der Waals surface area contributed by atoms with Gasteiger partial charge in [-0.25, -0.2) is 9.67 Å². The van der Waals surface area contributed by atoms with Gasteiger partial charge in [0.2, 0.25) is 0 Å². The Kier molecular flexibility index (Phi) is 6.06. The van der Waals surface area contributed by atoms with E-state index in [1.54, 1.807) is 24.8 Å². The molecular formula is C16H16BrN5O4S2. The fourth-order valence-electron chi connectivity index (χ4n) is 2.94. The lowest BCUT2D eigenvalue weighted by molar-refractivity contribution is -0.178. The Morgan fingerprint density at radius 1 is 1.29 bits per heavy atom. The van der Waals surface area contributed by atoms with Crippen LogP contribution in [-0.2, 0) is 4.74 Å². The van der Waals surface area contributed by atoms with Crippen LogP contribution in [0.2, 0.25) is 0 Å².